The van der Waals surface area contributed by atoms with Gasteiger partial charge in [0.1, 0.15) is 10.6 Å². The zero-order valence-corrected chi connectivity index (χ0v) is 12.4. The van der Waals surface area contributed by atoms with Crippen LogP contribution in [0.3, 0.4) is 0 Å². The highest BCUT2D eigenvalue weighted by molar-refractivity contribution is 7.16. The van der Waals surface area contributed by atoms with Gasteiger partial charge < -0.3 is 5.32 Å². The van der Waals surface area contributed by atoms with E-state index in [1.54, 1.807) is 18.2 Å². The summed E-state index contributed by atoms with van der Waals surface area (Å²) in [5, 5.41) is 7.13. The minimum atomic E-state index is 0.343. The summed E-state index contributed by atoms with van der Waals surface area (Å²) in [5.41, 5.74) is 3.20. The molecule has 3 rings (SSSR count). The molecule has 20 heavy (non-hydrogen) atoms. The van der Waals surface area contributed by atoms with E-state index in [4.69, 9.17) is 29.0 Å². The topological polar surface area (TPSA) is 75.9 Å². The number of hydrogen-bond acceptors (Lipinski definition) is 6. The van der Waals surface area contributed by atoms with Gasteiger partial charge >= 0.3 is 0 Å². The molecule has 2 aromatic heterocycles. The molecule has 8 heteroatoms. The average Bonchev–Trinajstić information content (AvgIpc) is 2.85. The average molecular weight is 326 g/mol. The third-order valence-electron chi connectivity index (χ3n) is 2.58. The fourth-order valence-corrected chi connectivity index (χ4v) is 3.07. The van der Waals surface area contributed by atoms with Gasteiger partial charge in [0.15, 0.2) is 0 Å². The molecule has 3 aromatic rings. The van der Waals surface area contributed by atoms with E-state index in [0.717, 1.165) is 15.9 Å². The number of halogens is 2. The lowest BCUT2D eigenvalue weighted by atomic mass is 10.3. The largest absolute Gasteiger partial charge is 0.339 e. The van der Waals surface area contributed by atoms with E-state index >= 15 is 0 Å². The second-order valence-corrected chi connectivity index (χ2v) is 5.73. The number of aromatic nitrogens is 2. The first-order valence-corrected chi connectivity index (χ1v) is 7.24. The van der Waals surface area contributed by atoms with Crippen molar-refractivity contribution in [3.05, 3.63) is 39.7 Å². The summed E-state index contributed by atoms with van der Waals surface area (Å²) in [6.45, 7) is 0. The molecule has 0 aliphatic heterocycles. The molecule has 0 aliphatic rings. The van der Waals surface area contributed by atoms with Gasteiger partial charge in [-0.15, -0.1) is 11.3 Å². The maximum atomic E-state index is 5.98. The van der Waals surface area contributed by atoms with Crippen molar-refractivity contribution in [3.8, 4) is 0 Å². The number of anilines is 3. The maximum Gasteiger partial charge on any atom is 0.240 e. The summed E-state index contributed by atoms with van der Waals surface area (Å²) >= 11 is 13.5. The van der Waals surface area contributed by atoms with Crippen molar-refractivity contribution in [2.45, 2.75) is 0 Å². The van der Waals surface area contributed by atoms with Crippen molar-refractivity contribution < 1.29 is 0 Å². The highest BCUT2D eigenvalue weighted by atomic mass is 35.5. The summed E-state index contributed by atoms with van der Waals surface area (Å²) < 4.78 is 0. The summed E-state index contributed by atoms with van der Waals surface area (Å²) in [5.74, 6) is 6.36. The van der Waals surface area contributed by atoms with Gasteiger partial charge in [0, 0.05) is 15.7 Å². The van der Waals surface area contributed by atoms with Crippen LogP contribution in [0.4, 0.5) is 17.5 Å². The van der Waals surface area contributed by atoms with Crippen molar-refractivity contribution >= 4 is 62.2 Å². The molecule has 0 aliphatic carbocycles. The predicted octanol–water partition coefficient (Wildman–Crippen LogP) is 4.03. The predicted molar refractivity (Wildman–Crippen MR) is 85.0 cm³/mol. The summed E-state index contributed by atoms with van der Waals surface area (Å²) in [6.07, 6.45) is 0. The standard InChI is InChI=1S/C12H9Cl2N5S/c13-6-3-7(14)5-8(4-6)16-10-9-1-2-20-11(9)18-12(17-10)19-15/h1-5H,15H2,(H2,16,17,18,19). The van der Waals surface area contributed by atoms with E-state index in [-0.39, 0.29) is 0 Å². The van der Waals surface area contributed by atoms with Gasteiger partial charge in [-0.3, -0.25) is 5.43 Å². The number of rotatable bonds is 3. The van der Waals surface area contributed by atoms with Crippen LogP contribution in [-0.4, -0.2) is 9.97 Å². The van der Waals surface area contributed by atoms with Crippen molar-refractivity contribution in [2.24, 2.45) is 5.84 Å². The Kier molecular flexibility index (Phi) is 3.62. The number of nitrogens with two attached hydrogens (primary N) is 1. The molecule has 1 aromatic carbocycles. The molecule has 0 radical (unpaired) electrons. The second-order valence-electron chi connectivity index (χ2n) is 3.96. The molecule has 0 unspecified atom stereocenters. The van der Waals surface area contributed by atoms with Gasteiger partial charge in [0.05, 0.1) is 5.39 Å². The quantitative estimate of drug-likeness (QED) is 0.500. The molecular formula is C12H9Cl2N5S. The molecule has 0 bridgehead atoms. The van der Waals surface area contributed by atoms with Crippen LogP contribution in [0.1, 0.15) is 0 Å². The van der Waals surface area contributed by atoms with Gasteiger partial charge in [0.2, 0.25) is 5.95 Å². The minimum Gasteiger partial charge on any atom is -0.339 e. The molecule has 0 saturated heterocycles. The molecule has 0 amide bonds. The number of benzene rings is 1. The Labute approximate surface area is 128 Å². The Morgan fingerprint density at radius 2 is 1.85 bits per heavy atom. The van der Waals surface area contributed by atoms with Crippen molar-refractivity contribution in [1.29, 1.82) is 0 Å². The van der Waals surface area contributed by atoms with E-state index in [9.17, 15) is 0 Å². The van der Waals surface area contributed by atoms with E-state index in [2.05, 4.69) is 20.7 Å². The second kappa shape index (κ2) is 5.41. The van der Waals surface area contributed by atoms with Crippen LogP contribution in [0.2, 0.25) is 10.0 Å². The third-order valence-corrected chi connectivity index (χ3v) is 3.82. The number of fused-ring (bicyclic) bond motifs is 1. The summed E-state index contributed by atoms with van der Waals surface area (Å²) in [7, 11) is 0. The Morgan fingerprint density at radius 1 is 1.10 bits per heavy atom. The van der Waals surface area contributed by atoms with E-state index in [1.165, 1.54) is 11.3 Å². The smallest absolute Gasteiger partial charge is 0.240 e. The van der Waals surface area contributed by atoms with Crippen LogP contribution in [-0.2, 0) is 0 Å². The zero-order chi connectivity index (χ0) is 14.1. The maximum absolute atomic E-state index is 5.98. The van der Waals surface area contributed by atoms with Crippen LogP contribution < -0.4 is 16.6 Å². The van der Waals surface area contributed by atoms with Crippen molar-refractivity contribution in [1.82, 2.24) is 9.97 Å². The molecule has 2 heterocycles. The first-order valence-electron chi connectivity index (χ1n) is 5.60. The van der Waals surface area contributed by atoms with Gasteiger partial charge in [-0.1, -0.05) is 23.2 Å². The fourth-order valence-electron chi connectivity index (χ4n) is 1.78. The Balaban J connectivity index is 2.07. The zero-order valence-electron chi connectivity index (χ0n) is 10.0. The molecule has 4 N–H and O–H groups in total. The van der Waals surface area contributed by atoms with E-state index in [1.807, 2.05) is 11.4 Å². The summed E-state index contributed by atoms with van der Waals surface area (Å²) in [6, 6.07) is 7.14. The Hall–Kier alpha value is -1.60. The monoisotopic (exact) mass is 325 g/mol. The number of nitrogen functional groups attached to an aromatic ring is 1. The number of hydrogen-bond donors (Lipinski definition) is 3. The van der Waals surface area contributed by atoms with Crippen LogP contribution >= 0.6 is 34.5 Å². The lowest BCUT2D eigenvalue weighted by Crippen LogP contribution is -2.11. The van der Waals surface area contributed by atoms with Crippen molar-refractivity contribution in [2.75, 3.05) is 10.7 Å². The highest BCUT2D eigenvalue weighted by Gasteiger charge is 2.09. The number of nitrogens with zero attached hydrogens (tertiary/aromatic N) is 2. The lowest BCUT2D eigenvalue weighted by Gasteiger charge is -2.09. The third kappa shape index (κ3) is 2.64. The van der Waals surface area contributed by atoms with Crippen LogP contribution in [0.15, 0.2) is 29.6 Å². The van der Waals surface area contributed by atoms with Crippen molar-refractivity contribution in [3.63, 3.8) is 0 Å². The number of nitrogens with one attached hydrogen (secondary N) is 2. The van der Waals surface area contributed by atoms with Gasteiger partial charge in [-0.2, -0.15) is 4.98 Å². The molecular weight excluding hydrogens is 317 g/mol. The van der Waals surface area contributed by atoms with Crippen LogP contribution in [0.25, 0.3) is 10.2 Å². The van der Waals surface area contributed by atoms with E-state index < -0.39 is 0 Å². The van der Waals surface area contributed by atoms with Gasteiger partial charge in [-0.25, -0.2) is 10.8 Å². The highest BCUT2D eigenvalue weighted by Crippen LogP contribution is 2.30. The number of thiophene rings is 1. The Bertz CT molecular complexity index is 753. The molecule has 0 saturated carbocycles. The Morgan fingerprint density at radius 3 is 2.55 bits per heavy atom. The lowest BCUT2D eigenvalue weighted by molar-refractivity contribution is 1.16. The molecule has 0 spiro atoms. The number of hydrazine groups is 1. The molecule has 0 atom stereocenters. The fraction of sp³-hybridized carbons (Fsp3) is 0. The summed E-state index contributed by atoms with van der Waals surface area (Å²) in [4.78, 5) is 9.42. The first kappa shape index (κ1) is 13.4. The van der Waals surface area contributed by atoms with Gasteiger partial charge in [-0.05, 0) is 29.6 Å². The van der Waals surface area contributed by atoms with E-state index in [0.29, 0.717) is 21.8 Å². The van der Waals surface area contributed by atoms with Crippen LogP contribution in [0.5, 0.6) is 0 Å². The normalized spacial score (nSPS) is 10.8. The minimum absolute atomic E-state index is 0.343. The SMILES string of the molecule is NNc1nc(Nc2cc(Cl)cc(Cl)c2)c2ccsc2n1. The molecule has 102 valence electrons. The van der Waals surface area contributed by atoms with Gasteiger partial charge in [0.25, 0.3) is 0 Å². The van der Waals surface area contributed by atoms with Crippen LogP contribution in [0, 0.1) is 0 Å². The molecule has 5 nitrogen and oxygen atoms in total. The first-order chi connectivity index (χ1) is 9.65. The molecule has 0 fully saturated rings.